The van der Waals surface area contributed by atoms with E-state index in [0.717, 1.165) is 15.5 Å². The molecule has 0 atom stereocenters. The van der Waals surface area contributed by atoms with Crippen LogP contribution in [0.5, 0.6) is 0 Å². The Kier molecular flexibility index (Phi) is 4.06. The van der Waals surface area contributed by atoms with Crippen LogP contribution in [0.15, 0.2) is 41.1 Å². The maximum Gasteiger partial charge on any atom is 0.307 e. The average molecular weight is 390 g/mol. The molecule has 0 aliphatic rings. The van der Waals surface area contributed by atoms with Crippen molar-refractivity contribution in [3.63, 3.8) is 0 Å². The second-order valence-electron chi connectivity index (χ2n) is 5.35. The van der Waals surface area contributed by atoms with Crippen molar-refractivity contribution in [2.45, 2.75) is 13.3 Å². The number of nitrogens with zero attached hydrogens (tertiary/aromatic N) is 3. The van der Waals surface area contributed by atoms with E-state index in [1.807, 2.05) is 6.07 Å². The number of aryl methyl sites for hydroxylation is 1. The summed E-state index contributed by atoms with van der Waals surface area (Å²) in [5.41, 5.74) is 2.66. The van der Waals surface area contributed by atoms with E-state index in [-0.39, 0.29) is 12.1 Å². The minimum absolute atomic E-state index is 0.00850. The number of pyridine rings is 1. The minimum atomic E-state index is -0.936. The number of hydrogen-bond acceptors (Lipinski definition) is 4. The van der Waals surface area contributed by atoms with Gasteiger partial charge in [-0.1, -0.05) is 0 Å². The summed E-state index contributed by atoms with van der Waals surface area (Å²) >= 11 is 3.34. The zero-order chi connectivity index (χ0) is 17.4. The molecule has 0 radical (unpaired) electrons. The number of nitro benzene ring substituents is 1. The van der Waals surface area contributed by atoms with E-state index in [4.69, 9.17) is 5.11 Å². The van der Waals surface area contributed by atoms with E-state index < -0.39 is 10.9 Å². The summed E-state index contributed by atoms with van der Waals surface area (Å²) in [6.07, 6.45) is 3.21. The molecule has 0 unspecified atom stereocenters. The molecule has 3 rings (SSSR count). The minimum Gasteiger partial charge on any atom is -0.481 e. The van der Waals surface area contributed by atoms with Crippen LogP contribution in [-0.2, 0) is 11.2 Å². The standard InChI is InChI=1S/C16H12BrN3O4/c1-9-4-12(20(23)24)2-3-14(9)19-8-10(5-15(21)22)13-6-11(17)7-18-16(13)19/h2-4,6-8H,5H2,1H3,(H,21,22). The van der Waals surface area contributed by atoms with Crippen LogP contribution in [0.3, 0.4) is 0 Å². The molecule has 0 spiro atoms. The third kappa shape index (κ3) is 2.88. The Hall–Kier alpha value is -2.74. The molecule has 2 heterocycles. The first-order valence-corrected chi connectivity index (χ1v) is 7.79. The van der Waals surface area contributed by atoms with E-state index in [1.165, 1.54) is 12.1 Å². The number of aromatic nitrogens is 2. The molecule has 1 aromatic carbocycles. The molecule has 7 nitrogen and oxygen atoms in total. The number of non-ortho nitro benzene ring substituents is 1. The van der Waals surface area contributed by atoms with Gasteiger partial charge in [-0.3, -0.25) is 14.9 Å². The van der Waals surface area contributed by atoms with Gasteiger partial charge in [0.25, 0.3) is 5.69 Å². The third-order valence-electron chi connectivity index (χ3n) is 3.68. The molecule has 0 saturated heterocycles. The maximum atomic E-state index is 11.1. The molecule has 0 aliphatic carbocycles. The first-order valence-electron chi connectivity index (χ1n) is 6.99. The number of nitro groups is 1. The lowest BCUT2D eigenvalue weighted by Crippen LogP contribution is -2.00. The van der Waals surface area contributed by atoms with Gasteiger partial charge in [0.05, 0.1) is 17.0 Å². The lowest BCUT2D eigenvalue weighted by Gasteiger charge is -2.08. The topological polar surface area (TPSA) is 98.3 Å². The van der Waals surface area contributed by atoms with Gasteiger partial charge in [0.1, 0.15) is 5.65 Å². The summed E-state index contributed by atoms with van der Waals surface area (Å²) in [5, 5.41) is 20.7. The Morgan fingerprint density at radius 1 is 1.42 bits per heavy atom. The van der Waals surface area contributed by atoms with E-state index in [1.54, 1.807) is 30.0 Å². The van der Waals surface area contributed by atoms with Gasteiger partial charge >= 0.3 is 5.97 Å². The lowest BCUT2D eigenvalue weighted by atomic mass is 10.2. The zero-order valence-electron chi connectivity index (χ0n) is 12.6. The van der Waals surface area contributed by atoms with Crippen LogP contribution >= 0.6 is 15.9 Å². The summed E-state index contributed by atoms with van der Waals surface area (Å²) < 4.78 is 2.51. The number of carboxylic acids is 1. The fourth-order valence-electron chi connectivity index (χ4n) is 2.66. The van der Waals surface area contributed by atoms with Crippen LogP contribution in [0.2, 0.25) is 0 Å². The summed E-state index contributed by atoms with van der Waals surface area (Å²) in [6.45, 7) is 1.77. The van der Waals surface area contributed by atoms with Crippen molar-refractivity contribution in [1.29, 1.82) is 0 Å². The fraction of sp³-hybridized carbons (Fsp3) is 0.125. The normalized spacial score (nSPS) is 10.9. The average Bonchev–Trinajstić information content (AvgIpc) is 2.84. The van der Waals surface area contributed by atoms with Gasteiger partial charge in [0, 0.05) is 34.4 Å². The predicted molar refractivity (Wildman–Crippen MR) is 91.5 cm³/mol. The summed E-state index contributed by atoms with van der Waals surface area (Å²) in [5.74, 6) is -0.936. The zero-order valence-corrected chi connectivity index (χ0v) is 14.1. The van der Waals surface area contributed by atoms with E-state index in [9.17, 15) is 14.9 Å². The molecule has 1 N–H and O–H groups in total. The van der Waals surface area contributed by atoms with Crippen LogP contribution in [-0.4, -0.2) is 25.6 Å². The quantitative estimate of drug-likeness (QED) is 0.542. The van der Waals surface area contributed by atoms with Crippen LogP contribution in [0.25, 0.3) is 16.7 Å². The second kappa shape index (κ2) is 6.04. The highest BCUT2D eigenvalue weighted by Gasteiger charge is 2.16. The first-order chi connectivity index (χ1) is 11.4. The van der Waals surface area contributed by atoms with Crippen LogP contribution in [0.1, 0.15) is 11.1 Å². The smallest absolute Gasteiger partial charge is 0.307 e. The second-order valence-corrected chi connectivity index (χ2v) is 6.26. The largest absolute Gasteiger partial charge is 0.481 e. The van der Waals surface area contributed by atoms with Gasteiger partial charge in [-0.15, -0.1) is 0 Å². The van der Waals surface area contributed by atoms with Gasteiger partial charge in [-0.2, -0.15) is 0 Å². The third-order valence-corrected chi connectivity index (χ3v) is 4.12. The van der Waals surface area contributed by atoms with Crippen molar-refractivity contribution >= 4 is 38.6 Å². The molecule has 8 heteroatoms. The van der Waals surface area contributed by atoms with Crippen molar-refractivity contribution in [1.82, 2.24) is 9.55 Å². The number of fused-ring (bicyclic) bond motifs is 1. The molecule has 0 aliphatic heterocycles. The Balaban J connectivity index is 2.23. The number of hydrogen-bond donors (Lipinski definition) is 1. The Morgan fingerprint density at radius 3 is 2.79 bits per heavy atom. The predicted octanol–water partition coefficient (Wildman–Crippen LogP) is 3.63. The van der Waals surface area contributed by atoms with Crippen molar-refractivity contribution in [3.8, 4) is 5.69 Å². The molecule has 3 aromatic rings. The van der Waals surface area contributed by atoms with Gasteiger partial charge in [-0.25, -0.2) is 4.98 Å². The highest BCUT2D eigenvalue weighted by molar-refractivity contribution is 9.10. The van der Waals surface area contributed by atoms with Gasteiger partial charge in [-0.05, 0) is 46.1 Å². The van der Waals surface area contributed by atoms with Crippen LogP contribution in [0.4, 0.5) is 5.69 Å². The molecule has 2 aromatic heterocycles. The first kappa shape index (κ1) is 16.1. The Bertz CT molecular complexity index is 981. The Labute approximate surface area is 144 Å². The van der Waals surface area contributed by atoms with Crippen LogP contribution in [0, 0.1) is 17.0 Å². The fourth-order valence-corrected chi connectivity index (χ4v) is 2.99. The highest BCUT2D eigenvalue weighted by atomic mass is 79.9. The van der Waals surface area contributed by atoms with E-state index in [2.05, 4.69) is 20.9 Å². The molecular weight excluding hydrogens is 378 g/mol. The summed E-state index contributed by atoms with van der Waals surface area (Å²) in [4.78, 5) is 25.9. The van der Waals surface area contributed by atoms with Gasteiger partial charge in [0.15, 0.2) is 0 Å². The molecule has 0 bridgehead atoms. The Morgan fingerprint density at radius 2 is 2.17 bits per heavy atom. The van der Waals surface area contributed by atoms with Crippen LogP contribution < -0.4 is 0 Å². The number of rotatable bonds is 4. The highest BCUT2D eigenvalue weighted by Crippen LogP contribution is 2.29. The summed E-state index contributed by atoms with van der Waals surface area (Å²) in [7, 11) is 0. The van der Waals surface area contributed by atoms with Crippen molar-refractivity contribution < 1.29 is 14.8 Å². The number of halogens is 1. The number of carbonyl (C=O) groups is 1. The molecule has 0 saturated carbocycles. The SMILES string of the molecule is Cc1cc([N+](=O)[O-])ccc1-n1cc(CC(=O)O)c2cc(Br)cnc21. The molecular formula is C16H12BrN3O4. The number of benzene rings is 1. The number of carboxylic acid groups (broad SMARTS) is 1. The van der Waals surface area contributed by atoms with Crippen molar-refractivity contribution in [2.24, 2.45) is 0 Å². The maximum absolute atomic E-state index is 11.1. The van der Waals surface area contributed by atoms with E-state index in [0.29, 0.717) is 16.8 Å². The molecule has 122 valence electrons. The van der Waals surface area contributed by atoms with Crippen molar-refractivity contribution in [2.75, 3.05) is 0 Å². The molecule has 0 fully saturated rings. The number of aliphatic carboxylic acids is 1. The van der Waals surface area contributed by atoms with Crippen molar-refractivity contribution in [3.05, 3.63) is 62.4 Å². The monoisotopic (exact) mass is 389 g/mol. The van der Waals surface area contributed by atoms with Gasteiger partial charge < -0.3 is 9.67 Å². The lowest BCUT2D eigenvalue weighted by molar-refractivity contribution is -0.384. The van der Waals surface area contributed by atoms with E-state index >= 15 is 0 Å². The van der Waals surface area contributed by atoms with Gasteiger partial charge in [0.2, 0.25) is 0 Å². The molecule has 24 heavy (non-hydrogen) atoms. The molecule has 0 amide bonds. The summed E-state index contributed by atoms with van der Waals surface area (Å²) in [6, 6.07) is 6.36.